The van der Waals surface area contributed by atoms with Gasteiger partial charge in [-0.3, -0.25) is 0 Å². The molecule has 0 atom stereocenters. The zero-order valence-corrected chi connectivity index (χ0v) is 10.7. The Labute approximate surface area is 111 Å². The molecule has 0 saturated carbocycles. The Balaban J connectivity index is 1.86. The first-order valence-electron chi connectivity index (χ1n) is 5.68. The minimum absolute atomic E-state index is 0.0178. The lowest BCUT2D eigenvalue weighted by Gasteiger charge is -2.39. The number of nitrogens with one attached hydrogen (secondary N) is 1. The predicted molar refractivity (Wildman–Crippen MR) is 68.6 cm³/mol. The van der Waals surface area contributed by atoms with Gasteiger partial charge in [-0.1, -0.05) is 11.3 Å². The molecule has 0 radical (unpaired) electrons. The Morgan fingerprint density at radius 2 is 2.47 bits per heavy atom. The maximum absolute atomic E-state index is 11.1. The minimum atomic E-state index is -0.460. The van der Waals surface area contributed by atoms with Crippen molar-refractivity contribution in [3.63, 3.8) is 0 Å². The van der Waals surface area contributed by atoms with Crippen LogP contribution in [0.1, 0.15) is 0 Å². The highest BCUT2D eigenvalue weighted by Crippen LogP contribution is 2.31. The number of ether oxygens (including phenoxy) is 1. The van der Waals surface area contributed by atoms with E-state index in [2.05, 4.69) is 10.3 Å². The molecule has 1 saturated heterocycles. The Morgan fingerprint density at radius 1 is 1.68 bits per heavy atom. The van der Waals surface area contributed by atoms with Gasteiger partial charge in [0.05, 0.1) is 25.2 Å². The molecule has 0 aliphatic carbocycles. The topological polar surface area (TPSA) is 102 Å². The molecular formula is C10H12N4O4S. The molecule has 1 aliphatic heterocycles. The molecular weight excluding hydrogens is 272 g/mol. The van der Waals surface area contributed by atoms with Gasteiger partial charge in [-0.25, -0.2) is 0 Å². The largest absolute Gasteiger partial charge is 0.396 e. The predicted octanol–water partition coefficient (Wildman–Crippen LogP) is 0.725. The van der Waals surface area contributed by atoms with Crippen molar-refractivity contribution in [3.05, 3.63) is 21.7 Å². The van der Waals surface area contributed by atoms with E-state index in [1.807, 2.05) is 0 Å². The molecule has 2 aromatic heterocycles. The van der Waals surface area contributed by atoms with Crippen LogP contribution in [0.2, 0.25) is 0 Å². The van der Waals surface area contributed by atoms with Gasteiger partial charge in [-0.05, 0) is 4.92 Å². The molecule has 3 heterocycles. The van der Waals surface area contributed by atoms with Gasteiger partial charge < -0.3 is 25.3 Å². The van der Waals surface area contributed by atoms with E-state index in [0.29, 0.717) is 24.7 Å². The third-order valence-corrected chi connectivity index (χ3v) is 3.95. The Kier molecular flexibility index (Phi) is 2.88. The van der Waals surface area contributed by atoms with Gasteiger partial charge in [0.25, 0.3) is 4.96 Å². The summed E-state index contributed by atoms with van der Waals surface area (Å²) < 4.78 is 6.52. The normalized spacial score (nSPS) is 17.3. The zero-order chi connectivity index (χ0) is 13.5. The number of nitrogens with zero attached hydrogens (tertiary/aromatic N) is 3. The van der Waals surface area contributed by atoms with Crippen LogP contribution in [-0.2, 0) is 4.74 Å². The molecule has 0 unspecified atom stereocenters. The number of fused-ring (bicyclic) bond motifs is 1. The molecule has 19 heavy (non-hydrogen) atoms. The van der Waals surface area contributed by atoms with Crippen LogP contribution < -0.4 is 5.32 Å². The average Bonchev–Trinajstić information content (AvgIpc) is 2.87. The second-order valence-corrected chi connectivity index (χ2v) is 5.47. The lowest BCUT2D eigenvalue weighted by atomic mass is 9.87. The van der Waals surface area contributed by atoms with Crippen molar-refractivity contribution < 1.29 is 14.8 Å². The minimum Gasteiger partial charge on any atom is -0.396 e. The fourth-order valence-electron chi connectivity index (χ4n) is 1.98. The van der Waals surface area contributed by atoms with E-state index >= 15 is 0 Å². The summed E-state index contributed by atoms with van der Waals surface area (Å²) in [5.74, 6) is 0.154. The summed E-state index contributed by atoms with van der Waals surface area (Å²) in [6.07, 6.45) is 1.62. The first-order valence-corrected chi connectivity index (χ1v) is 6.56. The highest BCUT2D eigenvalue weighted by atomic mass is 32.1. The highest BCUT2D eigenvalue weighted by molar-refractivity contribution is 7.15. The molecule has 2 N–H and O–H groups in total. The number of nitro groups is 1. The number of imidazole rings is 1. The van der Waals surface area contributed by atoms with E-state index in [0.717, 1.165) is 0 Å². The molecule has 1 aliphatic rings. The summed E-state index contributed by atoms with van der Waals surface area (Å²) in [5, 5.41) is 25.1. The van der Waals surface area contributed by atoms with Crippen LogP contribution in [0.5, 0.6) is 0 Å². The molecule has 0 bridgehead atoms. The molecule has 0 amide bonds. The van der Waals surface area contributed by atoms with Gasteiger partial charge in [-0.2, -0.15) is 9.38 Å². The van der Waals surface area contributed by atoms with E-state index in [9.17, 15) is 15.2 Å². The van der Waals surface area contributed by atoms with E-state index < -0.39 is 4.92 Å². The number of aliphatic hydroxyl groups is 1. The number of aliphatic hydroxyl groups excluding tert-OH is 1. The fourth-order valence-corrected chi connectivity index (χ4v) is 2.69. The number of hydrogen-bond donors (Lipinski definition) is 2. The first kappa shape index (κ1) is 12.3. The zero-order valence-electron chi connectivity index (χ0n) is 9.90. The number of aromatic nitrogens is 2. The number of anilines is 1. The number of rotatable bonds is 5. The molecule has 0 spiro atoms. The van der Waals surface area contributed by atoms with E-state index in [1.54, 1.807) is 11.6 Å². The van der Waals surface area contributed by atoms with Gasteiger partial charge in [0.15, 0.2) is 0 Å². The lowest BCUT2D eigenvalue weighted by Crippen LogP contribution is -2.50. The van der Waals surface area contributed by atoms with E-state index in [-0.39, 0.29) is 23.7 Å². The van der Waals surface area contributed by atoms with Gasteiger partial charge in [0.1, 0.15) is 6.20 Å². The van der Waals surface area contributed by atoms with E-state index in [1.165, 1.54) is 15.7 Å². The first-order chi connectivity index (χ1) is 9.15. The Bertz CT molecular complexity index is 613. The van der Waals surface area contributed by atoms with Crippen LogP contribution in [0.15, 0.2) is 11.6 Å². The van der Waals surface area contributed by atoms with Crippen molar-refractivity contribution in [2.75, 3.05) is 31.7 Å². The quantitative estimate of drug-likeness (QED) is 0.619. The molecule has 102 valence electrons. The lowest BCUT2D eigenvalue weighted by molar-refractivity contribution is -0.389. The Hall–Kier alpha value is -1.71. The summed E-state index contributed by atoms with van der Waals surface area (Å²) in [6, 6.07) is 0. The van der Waals surface area contributed by atoms with Crippen molar-refractivity contribution in [1.29, 1.82) is 0 Å². The monoisotopic (exact) mass is 284 g/mol. The molecule has 2 aromatic rings. The average molecular weight is 284 g/mol. The van der Waals surface area contributed by atoms with Crippen molar-refractivity contribution in [1.82, 2.24) is 9.38 Å². The summed E-state index contributed by atoms with van der Waals surface area (Å²) in [5.41, 5.74) is -0.356. The third-order valence-electron chi connectivity index (χ3n) is 3.19. The van der Waals surface area contributed by atoms with Crippen LogP contribution in [0.3, 0.4) is 0 Å². The maximum atomic E-state index is 11.1. The molecule has 1 fully saturated rings. The van der Waals surface area contributed by atoms with E-state index in [4.69, 9.17) is 4.74 Å². The summed E-state index contributed by atoms with van der Waals surface area (Å²) in [4.78, 5) is 15.4. The Morgan fingerprint density at radius 3 is 3.05 bits per heavy atom. The molecule has 9 heteroatoms. The van der Waals surface area contributed by atoms with Crippen LogP contribution in [0.4, 0.5) is 11.6 Å². The molecule has 3 rings (SSSR count). The van der Waals surface area contributed by atoms with Gasteiger partial charge in [-0.15, -0.1) is 0 Å². The smallest absolute Gasteiger partial charge is 0.372 e. The molecule has 8 nitrogen and oxygen atoms in total. The van der Waals surface area contributed by atoms with Crippen LogP contribution in [0, 0.1) is 15.5 Å². The number of hydrogen-bond acceptors (Lipinski definition) is 7. The SMILES string of the molecule is O=[N+]([O-])c1c(NCC2(CO)COC2)nc2sccn12. The van der Waals surface area contributed by atoms with Gasteiger partial charge in [0, 0.05) is 11.9 Å². The standard InChI is InChI=1S/C10H12N4O4S/c15-4-10(5-18-6-10)3-11-7-8(14(16)17)13-1-2-19-9(13)12-7/h1-2,11,15H,3-6H2. The number of thiazole rings is 1. The van der Waals surface area contributed by atoms with Crippen LogP contribution >= 0.6 is 11.3 Å². The van der Waals surface area contributed by atoms with Crippen molar-refractivity contribution in [2.24, 2.45) is 5.41 Å². The second-order valence-electron chi connectivity index (χ2n) is 4.60. The van der Waals surface area contributed by atoms with Crippen molar-refractivity contribution in [2.45, 2.75) is 0 Å². The second kappa shape index (κ2) is 4.44. The van der Waals surface area contributed by atoms with Crippen LogP contribution in [-0.4, -0.2) is 45.8 Å². The van der Waals surface area contributed by atoms with Crippen LogP contribution in [0.25, 0.3) is 4.96 Å². The summed E-state index contributed by atoms with van der Waals surface area (Å²) in [7, 11) is 0. The highest BCUT2D eigenvalue weighted by Gasteiger charge is 2.38. The van der Waals surface area contributed by atoms with Gasteiger partial charge >= 0.3 is 5.82 Å². The fraction of sp³-hybridized carbons (Fsp3) is 0.500. The molecule has 0 aromatic carbocycles. The third kappa shape index (κ3) is 1.95. The van der Waals surface area contributed by atoms with Gasteiger partial charge in [0.2, 0.25) is 5.82 Å². The van der Waals surface area contributed by atoms with Crippen molar-refractivity contribution in [3.8, 4) is 0 Å². The van der Waals surface area contributed by atoms with Crippen molar-refractivity contribution >= 4 is 27.9 Å². The summed E-state index contributed by atoms with van der Waals surface area (Å²) in [6.45, 7) is 1.28. The maximum Gasteiger partial charge on any atom is 0.372 e. The summed E-state index contributed by atoms with van der Waals surface area (Å²) >= 11 is 1.33.